The van der Waals surface area contributed by atoms with Gasteiger partial charge < -0.3 is 14.8 Å². The van der Waals surface area contributed by atoms with Gasteiger partial charge in [0, 0.05) is 30.8 Å². The predicted octanol–water partition coefficient (Wildman–Crippen LogP) is 5.56. The van der Waals surface area contributed by atoms with E-state index in [9.17, 15) is 4.79 Å². The monoisotopic (exact) mass is 441 g/mol. The van der Waals surface area contributed by atoms with Crippen molar-refractivity contribution in [1.29, 1.82) is 0 Å². The third-order valence-corrected chi connectivity index (χ3v) is 6.18. The van der Waals surface area contributed by atoms with Crippen molar-refractivity contribution in [2.75, 3.05) is 11.9 Å². The quantitative estimate of drug-likeness (QED) is 0.411. The number of esters is 1. The van der Waals surface area contributed by atoms with E-state index in [1.165, 1.54) is 23.6 Å². The fraction of sp³-hybridized carbons (Fsp3) is 0.259. The van der Waals surface area contributed by atoms with Crippen LogP contribution in [-0.4, -0.2) is 22.1 Å². The van der Waals surface area contributed by atoms with Gasteiger partial charge in [-0.15, -0.1) is 0 Å². The van der Waals surface area contributed by atoms with Crippen LogP contribution in [0.25, 0.3) is 16.7 Å². The summed E-state index contributed by atoms with van der Waals surface area (Å²) in [6, 6.07) is 18.7. The lowest BCUT2D eigenvalue weighted by molar-refractivity contribution is -0.147. The number of aromatic nitrogens is 2. The summed E-state index contributed by atoms with van der Waals surface area (Å²) in [6.07, 6.45) is -0.331. The Morgan fingerprint density at radius 1 is 1.15 bits per heavy atom. The maximum absolute atomic E-state index is 11.3. The van der Waals surface area contributed by atoms with E-state index in [2.05, 4.69) is 60.1 Å². The topological polar surface area (TPSA) is 65.4 Å². The Hall–Kier alpha value is -3.80. The molecule has 5 rings (SSSR count). The molecule has 1 atom stereocenters. The zero-order chi connectivity index (χ0) is 23.1. The number of carbonyl (C=O) groups excluding carboxylic acids is 1. The van der Waals surface area contributed by atoms with Gasteiger partial charge >= 0.3 is 5.97 Å². The molecule has 0 spiro atoms. The van der Waals surface area contributed by atoms with Crippen molar-refractivity contribution in [1.82, 2.24) is 9.55 Å². The first kappa shape index (κ1) is 21.1. The first-order chi connectivity index (χ1) is 15.9. The second kappa shape index (κ2) is 8.28. The lowest BCUT2D eigenvalue weighted by Gasteiger charge is -2.16. The van der Waals surface area contributed by atoms with Crippen molar-refractivity contribution in [3.05, 3.63) is 82.7 Å². The Morgan fingerprint density at radius 2 is 2.00 bits per heavy atom. The molecule has 0 saturated carbocycles. The predicted molar refractivity (Wildman–Crippen MR) is 129 cm³/mol. The lowest BCUT2D eigenvalue weighted by Crippen LogP contribution is -2.09. The number of aryl methyl sites for hydroxylation is 2. The van der Waals surface area contributed by atoms with Crippen LogP contribution in [-0.2, 0) is 16.1 Å². The Balaban J connectivity index is 1.40. The summed E-state index contributed by atoms with van der Waals surface area (Å²) in [7, 11) is 0. The summed E-state index contributed by atoms with van der Waals surface area (Å²) in [5, 5.41) is 3.51. The molecule has 0 unspecified atom stereocenters. The van der Waals surface area contributed by atoms with Crippen LogP contribution in [0.5, 0.6) is 5.75 Å². The van der Waals surface area contributed by atoms with Crippen LogP contribution in [0.4, 0.5) is 5.69 Å². The SMILES string of the molecule is CC(=O)O[C@@H]1COc2cc(NCc3cccc(-n4c(C)nc5ccc(C)cc54)c3C)ccc21. The molecule has 33 heavy (non-hydrogen) atoms. The average Bonchev–Trinajstić information content (AvgIpc) is 3.32. The summed E-state index contributed by atoms with van der Waals surface area (Å²) in [6.45, 7) is 8.76. The van der Waals surface area contributed by atoms with E-state index >= 15 is 0 Å². The third kappa shape index (κ3) is 3.93. The van der Waals surface area contributed by atoms with Crippen LogP contribution >= 0.6 is 0 Å². The van der Waals surface area contributed by atoms with E-state index in [0.717, 1.165) is 39.5 Å². The molecule has 1 aromatic heterocycles. The highest BCUT2D eigenvalue weighted by Crippen LogP contribution is 2.37. The van der Waals surface area contributed by atoms with Crippen molar-refractivity contribution in [3.63, 3.8) is 0 Å². The van der Waals surface area contributed by atoms with Gasteiger partial charge in [-0.2, -0.15) is 0 Å². The number of benzene rings is 3. The van der Waals surface area contributed by atoms with Crippen LogP contribution in [0.3, 0.4) is 0 Å². The molecule has 3 aromatic carbocycles. The molecule has 0 aliphatic carbocycles. The number of anilines is 1. The van der Waals surface area contributed by atoms with Gasteiger partial charge in [0.1, 0.15) is 18.2 Å². The van der Waals surface area contributed by atoms with Gasteiger partial charge in [0.2, 0.25) is 0 Å². The number of hydrogen-bond acceptors (Lipinski definition) is 5. The highest BCUT2D eigenvalue weighted by Gasteiger charge is 2.26. The van der Waals surface area contributed by atoms with Gasteiger partial charge in [-0.05, 0) is 67.8 Å². The summed E-state index contributed by atoms with van der Waals surface area (Å²) in [5.41, 5.74) is 8.77. The zero-order valence-corrected chi connectivity index (χ0v) is 19.3. The van der Waals surface area contributed by atoms with Crippen LogP contribution in [0, 0.1) is 20.8 Å². The molecule has 1 aliphatic heterocycles. The summed E-state index contributed by atoms with van der Waals surface area (Å²) >= 11 is 0. The molecule has 6 heteroatoms. The van der Waals surface area contributed by atoms with Crippen molar-refractivity contribution < 1.29 is 14.3 Å². The number of carbonyl (C=O) groups is 1. The third-order valence-electron chi connectivity index (χ3n) is 6.18. The number of rotatable bonds is 5. The van der Waals surface area contributed by atoms with Crippen molar-refractivity contribution >= 4 is 22.7 Å². The Kier molecular flexibility index (Phi) is 5.29. The van der Waals surface area contributed by atoms with Crippen LogP contribution < -0.4 is 10.1 Å². The Labute approximate surface area is 193 Å². The minimum Gasteiger partial charge on any atom is -0.489 e. The molecule has 2 heterocycles. The number of hydrogen-bond donors (Lipinski definition) is 1. The second-order valence-corrected chi connectivity index (χ2v) is 8.56. The van der Waals surface area contributed by atoms with Gasteiger partial charge in [0.15, 0.2) is 6.10 Å². The van der Waals surface area contributed by atoms with E-state index in [1.54, 1.807) is 0 Å². The standard InChI is InChI=1S/C27H27N3O3/c1-16-8-11-23-25(12-16)30(18(3)29-23)24-7-5-6-20(17(24)2)14-28-21-9-10-22-26(13-21)32-15-27(22)33-19(4)31/h5-13,27-28H,14-15H2,1-4H3/t27-/m1/s1. The lowest BCUT2D eigenvalue weighted by atomic mass is 10.1. The highest BCUT2D eigenvalue weighted by molar-refractivity contribution is 5.79. The number of imidazole rings is 1. The first-order valence-electron chi connectivity index (χ1n) is 11.1. The summed E-state index contributed by atoms with van der Waals surface area (Å²) in [4.78, 5) is 16.0. The average molecular weight is 442 g/mol. The van der Waals surface area contributed by atoms with E-state index < -0.39 is 0 Å². The van der Waals surface area contributed by atoms with Crippen molar-refractivity contribution in [2.45, 2.75) is 40.3 Å². The van der Waals surface area contributed by atoms with E-state index in [1.807, 2.05) is 25.1 Å². The molecular weight excluding hydrogens is 414 g/mol. The maximum atomic E-state index is 11.3. The fourth-order valence-corrected chi connectivity index (χ4v) is 4.50. The number of nitrogens with one attached hydrogen (secondary N) is 1. The van der Waals surface area contributed by atoms with Crippen LogP contribution in [0.1, 0.15) is 41.1 Å². The van der Waals surface area contributed by atoms with Crippen LogP contribution in [0.15, 0.2) is 54.6 Å². The van der Waals surface area contributed by atoms with Gasteiger partial charge in [-0.1, -0.05) is 18.2 Å². The minimum absolute atomic E-state index is 0.301. The smallest absolute Gasteiger partial charge is 0.303 e. The fourth-order valence-electron chi connectivity index (χ4n) is 4.50. The van der Waals surface area contributed by atoms with Gasteiger partial charge in [0.25, 0.3) is 0 Å². The molecule has 4 aromatic rings. The minimum atomic E-state index is -0.331. The van der Waals surface area contributed by atoms with E-state index in [0.29, 0.717) is 13.2 Å². The highest BCUT2D eigenvalue weighted by atomic mass is 16.6. The molecule has 168 valence electrons. The second-order valence-electron chi connectivity index (χ2n) is 8.56. The molecule has 0 radical (unpaired) electrons. The molecule has 0 saturated heterocycles. The number of nitrogens with zero attached hydrogens (tertiary/aromatic N) is 2. The zero-order valence-electron chi connectivity index (χ0n) is 19.3. The maximum Gasteiger partial charge on any atom is 0.303 e. The number of fused-ring (bicyclic) bond motifs is 2. The van der Waals surface area contributed by atoms with Gasteiger partial charge in [-0.25, -0.2) is 4.98 Å². The normalized spacial score (nSPS) is 14.7. The van der Waals surface area contributed by atoms with Gasteiger partial charge in [0.05, 0.1) is 16.7 Å². The van der Waals surface area contributed by atoms with Crippen molar-refractivity contribution in [2.24, 2.45) is 0 Å². The van der Waals surface area contributed by atoms with E-state index in [4.69, 9.17) is 14.5 Å². The summed E-state index contributed by atoms with van der Waals surface area (Å²) < 4.78 is 13.3. The molecule has 1 aliphatic rings. The molecule has 0 fully saturated rings. The molecule has 0 bridgehead atoms. The molecule has 0 amide bonds. The molecule has 6 nitrogen and oxygen atoms in total. The van der Waals surface area contributed by atoms with Gasteiger partial charge in [-0.3, -0.25) is 9.36 Å². The Bertz CT molecular complexity index is 1370. The Morgan fingerprint density at radius 3 is 2.82 bits per heavy atom. The summed E-state index contributed by atoms with van der Waals surface area (Å²) in [5.74, 6) is 1.43. The van der Waals surface area contributed by atoms with Crippen molar-refractivity contribution in [3.8, 4) is 11.4 Å². The largest absolute Gasteiger partial charge is 0.489 e. The molecular formula is C27H27N3O3. The van der Waals surface area contributed by atoms with E-state index in [-0.39, 0.29) is 12.1 Å². The van der Waals surface area contributed by atoms with Crippen LogP contribution in [0.2, 0.25) is 0 Å². The number of ether oxygens (including phenoxy) is 2. The molecule has 1 N–H and O–H groups in total. The first-order valence-corrected chi connectivity index (χ1v) is 11.1.